The molecule has 1 rings (SSSR count). The molecule has 0 aliphatic heterocycles. The Morgan fingerprint density at radius 1 is 1.67 bits per heavy atom. The van der Waals surface area contributed by atoms with Gasteiger partial charge in [0.15, 0.2) is 0 Å². The molecule has 1 unspecified atom stereocenters. The SMILES string of the molecule is O=S(=O)(O)CCC1=CC(Cl)CC1. The number of halogens is 1. The predicted molar refractivity (Wildman–Crippen MR) is 48.0 cm³/mol. The molecular formula is C7H11ClO3S. The minimum atomic E-state index is -3.81. The quantitative estimate of drug-likeness (QED) is 0.437. The highest BCUT2D eigenvalue weighted by atomic mass is 35.5. The average Bonchev–Trinajstić information content (AvgIpc) is 2.30. The molecule has 0 saturated carbocycles. The Bertz CT molecular complexity index is 281. The van der Waals surface area contributed by atoms with E-state index >= 15 is 0 Å². The van der Waals surface area contributed by atoms with Crippen LogP contribution < -0.4 is 0 Å². The summed E-state index contributed by atoms with van der Waals surface area (Å²) in [6.07, 6.45) is 4.00. The van der Waals surface area contributed by atoms with Crippen molar-refractivity contribution in [2.45, 2.75) is 24.6 Å². The lowest BCUT2D eigenvalue weighted by Gasteiger charge is -1.97. The molecule has 1 atom stereocenters. The Morgan fingerprint density at radius 2 is 2.33 bits per heavy atom. The number of hydrogen-bond acceptors (Lipinski definition) is 2. The molecule has 70 valence electrons. The molecule has 5 heteroatoms. The van der Waals surface area contributed by atoms with Crippen molar-refractivity contribution >= 4 is 21.7 Å². The van der Waals surface area contributed by atoms with E-state index in [1.807, 2.05) is 6.08 Å². The molecule has 0 aromatic rings. The van der Waals surface area contributed by atoms with Gasteiger partial charge < -0.3 is 0 Å². The van der Waals surface area contributed by atoms with Crippen molar-refractivity contribution in [2.75, 3.05) is 5.75 Å². The van der Waals surface area contributed by atoms with Gasteiger partial charge in [-0.3, -0.25) is 4.55 Å². The van der Waals surface area contributed by atoms with Crippen molar-refractivity contribution in [3.8, 4) is 0 Å². The second kappa shape index (κ2) is 3.77. The van der Waals surface area contributed by atoms with Crippen LogP contribution in [0.4, 0.5) is 0 Å². The fourth-order valence-electron chi connectivity index (χ4n) is 1.21. The van der Waals surface area contributed by atoms with E-state index in [9.17, 15) is 8.42 Å². The Kier molecular flexibility index (Phi) is 3.15. The highest BCUT2D eigenvalue weighted by molar-refractivity contribution is 7.85. The Morgan fingerprint density at radius 3 is 2.75 bits per heavy atom. The molecule has 0 fully saturated rings. The summed E-state index contributed by atoms with van der Waals surface area (Å²) in [7, 11) is -3.81. The largest absolute Gasteiger partial charge is 0.286 e. The lowest BCUT2D eigenvalue weighted by atomic mass is 10.2. The summed E-state index contributed by atoms with van der Waals surface area (Å²) in [5, 5.41) is 0.0430. The fraction of sp³-hybridized carbons (Fsp3) is 0.714. The zero-order valence-electron chi connectivity index (χ0n) is 6.53. The van der Waals surface area contributed by atoms with Crippen molar-refractivity contribution in [1.82, 2.24) is 0 Å². The second-order valence-corrected chi connectivity index (χ2v) is 5.05. The van der Waals surface area contributed by atoms with Gasteiger partial charge in [-0.2, -0.15) is 8.42 Å². The van der Waals surface area contributed by atoms with Gasteiger partial charge in [0.25, 0.3) is 10.1 Å². The van der Waals surface area contributed by atoms with Crippen LogP contribution in [0.2, 0.25) is 0 Å². The van der Waals surface area contributed by atoms with E-state index in [-0.39, 0.29) is 11.1 Å². The molecule has 1 aliphatic carbocycles. The maximum absolute atomic E-state index is 10.4. The zero-order valence-corrected chi connectivity index (χ0v) is 8.11. The van der Waals surface area contributed by atoms with Gasteiger partial charge >= 0.3 is 0 Å². The molecule has 0 aromatic carbocycles. The summed E-state index contributed by atoms with van der Waals surface area (Å²) in [6, 6.07) is 0. The van der Waals surface area contributed by atoms with E-state index < -0.39 is 10.1 Å². The Balaban J connectivity index is 2.39. The number of hydrogen-bond donors (Lipinski definition) is 1. The number of allylic oxidation sites excluding steroid dienone is 2. The Hall–Kier alpha value is -0.0600. The van der Waals surface area contributed by atoms with Gasteiger partial charge in [0.2, 0.25) is 0 Å². The van der Waals surface area contributed by atoms with Gasteiger partial charge in [0, 0.05) is 0 Å². The smallest absolute Gasteiger partial charge is 0.265 e. The molecule has 0 heterocycles. The number of alkyl halides is 1. The van der Waals surface area contributed by atoms with Crippen molar-refractivity contribution in [3.05, 3.63) is 11.6 Å². The third-order valence-electron chi connectivity index (χ3n) is 1.84. The maximum atomic E-state index is 10.4. The monoisotopic (exact) mass is 210 g/mol. The first-order valence-electron chi connectivity index (χ1n) is 3.76. The molecule has 0 radical (unpaired) electrons. The van der Waals surface area contributed by atoms with E-state index in [0.29, 0.717) is 6.42 Å². The van der Waals surface area contributed by atoms with Crippen LogP contribution in [-0.2, 0) is 10.1 Å². The first-order chi connectivity index (χ1) is 5.47. The van der Waals surface area contributed by atoms with Crippen molar-refractivity contribution in [2.24, 2.45) is 0 Å². The third kappa shape index (κ3) is 3.56. The minimum absolute atomic E-state index is 0.0430. The van der Waals surface area contributed by atoms with Crippen molar-refractivity contribution < 1.29 is 13.0 Å². The summed E-state index contributed by atoms with van der Waals surface area (Å²) in [6.45, 7) is 0. The molecule has 0 aromatic heterocycles. The molecule has 12 heavy (non-hydrogen) atoms. The predicted octanol–water partition coefficient (Wildman–Crippen LogP) is 1.59. The van der Waals surface area contributed by atoms with Crippen LogP contribution in [0.25, 0.3) is 0 Å². The lowest BCUT2D eigenvalue weighted by molar-refractivity contribution is 0.482. The Labute approximate surface area is 77.2 Å². The molecule has 0 bridgehead atoms. The molecule has 0 saturated heterocycles. The van der Waals surface area contributed by atoms with E-state index in [1.54, 1.807) is 0 Å². The standard InChI is InChI=1S/C7H11ClO3S/c8-7-2-1-6(5-7)3-4-12(9,10)11/h5,7H,1-4H2,(H,9,10,11). The van der Waals surface area contributed by atoms with Crippen LogP contribution in [-0.4, -0.2) is 24.1 Å². The van der Waals surface area contributed by atoms with Crippen LogP contribution in [0.15, 0.2) is 11.6 Å². The second-order valence-electron chi connectivity index (χ2n) is 2.92. The molecule has 1 N–H and O–H groups in total. The molecule has 0 spiro atoms. The van der Waals surface area contributed by atoms with E-state index in [2.05, 4.69) is 0 Å². The summed E-state index contributed by atoms with van der Waals surface area (Å²) < 4.78 is 29.2. The van der Waals surface area contributed by atoms with Crippen molar-refractivity contribution in [1.29, 1.82) is 0 Å². The minimum Gasteiger partial charge on any atom is -0.286 e. The van der Waals surface area contributed by atoms with Crippen LogP contribution in [0.1, 0.15) is 19.3 Å². The fourth-order valence-corrected chi connectivity index (χ4v) is 2.02. The molecule has 1 aliphatic rings. The molecule has 0 amide bonds. The van der Waals surface area contributed by atoms with Gasteiger partial charge in [-0.05, 0) is 19.3 Å². The van der Waals surface area contributed by atoms with Crippen LogP contribution in [0.5, 0.6) is 0 Å². The van der Waals surface area contributed by atoms with Gasteiger partial charge in [-0.15, -0.1) is 11.6 Å². The van der Waals surface area contributed by atoms with Gasteiger partial charge in [0.05, 0.1) is 11.1 Å². The first kappa shape index (κ1) is 10.0. The zero-order chi connectivity index (χ0) is 9.19. The topological polar surface area (TPSA) is 54.4 Å². The normalized spacial score (nSPS) is 24.2. The molecular weight excluding hydrogens is 200 g/mol. The number of rotatable bonds is 3. The first-order valence-corrected chi connectivity index (χ1v) is 5.81. The highest BCUT2D eigenvalue weighted by Crippen LogP contribution is 2.25. The van der Waals surface area contributed by atoms with E-state index in [1.165, 1.54) is 0 Å². The third-order valence-corrected chi connectivity index (χ3v) is 2.90. The summed E-state index contributed by atoms with van der Waals surface area (Å²) in [5.74, 6) is -0.192. The lowest BCUT2D eigenvalue weighted by Crippen LogP contribution is -2.03. The van der Waals surface area contributed by atoms with E-state index in [4.69, 9.17) is 16.2 Å². The summed E-state index contributed by atoms with van der Waals surface area (Å²) in [4.78, 5) is 0. The van der Waals surface area contributed by atoms with Gasteiger partial charge in [-0.1, -0.05) is 11.6 Å². The van der Waals surface area contributed by atoms with Crippen LogP contribution in [0, 0.1) is 0 Å². The summed E-state index contributed by atoms with van der Waals surface area (Å²) in [5.41, 5.74) is 1.03. The van der Waals surface area contributed by atoms with Crippen LogP contribution in [0.3, 0.4) is 0 Å². The van der Waals surface area contributed by atoms with Gasteiger partial charge in [0.1, 0.15) is 0 Å². The van der Waals surface area contributed by atoms with E-state index in [0.717, 1.165) is 18.4 Å². The summed E-state index contributed by atoms with van der Waals surface area (Å²) >= 11 is 5.77. The average molecular weight is 211 g/mol. The van der Waals surface area contributed by atoms with Crippen molar-refractivity contribution in [3.63, 3.8) is 0 Å². The highest BCUT2D eigenvalue weighted by Gasteiger charge is 2.14. The van der Waals surface area contributed by atoms with Crippen LogP contribution >= 0.6 is 11.6 Å². The molecule has 3 nitrogen and oxygen atoms in total. The van der Waals surface area contributed by atoms with Gasteiger partial charge in [-0.25, -0.2) is 0 Å². The maximum Gasteiger partial charge on any atom is 0.265 e.